The van der Waals surface area contributed by atoms with Crippen LogP contribution in [0.5, 0.6) is 11.5 Å². The quantitative estimate of drug-likeness (QED) is 0.236. The fraction of sp³-hybridized carbons (Fsp3) is 0.364. The predicted octanol–water partition coefficient (Wildman–Crippen LogP) is 3.32. The van der Waals surface area contributed by atoms with E-state index in [2.05, 4.69) is 31.4 Å². The Labute approximate surface area is 205 Å². The molecule has 1 fully saturated rings. The maximum atomic E-state index is 6.28. The third-order valence-corrected chi connectivity index (χ3v) is 5.09. The summed E-state index contributed by atoms with van der Waals surface area (Å²) in [4.78, 5) is 10.9. The topological polar surface area (TPSA) is 71.0 Å². The summed E-state index contributed by atoms with van der Waals surface area (Å²) >= 11 is 6.28. The number of terminal acetylenes is 1. The molecule has 31 heavy (non-hydrogen) atoms. The summed E-state index contributed by atoms with van der Waals surface area (Å²) in [6.45, 7) is 2.47. The van der Waals surface area contributed by atoms with Gasteiger partial charge in [-0.2, -0.15) is 0 Å². The number of hydrogen-bond donors (Lipinski definition) is 2. The van der Waals surface area contributed by atoms with Crippen LogP contribution in [0.4, 0.5) is 5.82 Å². The Morgan fingerprint density at radius 3 is 2.94 bits per heavy atom. The molecule has 166 valence electrons. The number of anilines is 1. The molecule has 1 unspecified atom stereocenters. The first kappa shape index (κ1) is 24.9. The highest BCUT2D eigenvalue weighted by molar-refractivity contribution is 14.0. The predicted molar refractivity (Wildman–Crippen MR) is 136 cm³/mol. The van der Waals surface area contributed by atoms with E-state index in [-0.39, 0.29) is 36.6 Å². The first-order valence-corrected chi connectivity index (χ1v) is 10.1. The molecule has 0 spiro atoms. The molecule has 2 N–H and O–H groups in total. The third kappa shape index (κ3) is 6.80. The lowest BCUT2D eigenvalue weighted by Crippen LogP contribution is -2.44. The molecule has 0 amide bonds. The Morgan fingerprint density at radius 1 is 1.39 bits per heavy atom. The van der Waals surface area contributed by atoms with Crippen molar-refractivity contribution in [3.8, 4) is 23.8 Å². The minimum absolute atomic E-state index is 0. The van der Waals surface area contributed by atoms with Gasteiger partial charge in [0.1, 0.15) is 12.4 Å². The lowest BCUT2D eigenvalue weighted by Gasteiger charge is -2.20. The van der Waals surface area contributed by atoms with Crippen LogP contribution in [0.3, 0.4) is 0 Å². The van der Waals surface area contributed by atoms with Crippen LogP contribution in [0.15, 0.2) is 41.5 Å². The fourth-order valence-corrected chi connectivity index (χ4v) is 3.56. The molecule has 0 saturated carbocycles. The van der Waals surface area contributed by atoms with E-state index < -0.39 is 0 Å². The number of methoxy groups -OCH3 is 1. The smallest absolute Gasteiger partial charge is 0.191 e. The molecule has 1 aliphatic heterocycles. The second-order valence-electron chi connectivity index (χ2n) is 6.79. The minimum Gasteiger partial charge on any atom is -0.493 e. The van der Waals surface area contributed by atoms with Crippen LogP contribution in [0, 0.1) is 12.3 Å². The average molecular weight is 556 g/mol. The number of guanidine groups is 1. The molecule has 1 atom stereocenters. The van der Waals surface area contributed by atoms with Gasteiger partial charge in [-0.25, -0.2) is 4.98 Å². The van der Waals surface area contributed by atoms with Crippen molar-refractivity contribution in [1.82, 2.24) is 15.6 Å². The highest BCUT2D eigenvalue weighted by atomic mass is 127. The molecule has 3 rings (SSSR count). The van der Waals surface area contributed by atoms with Crippen LogP contribution < -0.4 is 25.0 Å². The Morgan fingerprint density at radius 2 is 2.23 bits per heavy atom. The van der Waals surface area contributed by atoms with Crippen molar-refractivity contribution in [2.75, 3.05) is 38.8 Å². The number of pyridine rings is 1. The van der Waals surface area contributed by atoms with Crippen LogP contribution in [-0.2, 0) is 6.54 Å². The van der Waals surface area contributed by atoms with E-state index in [1.807, 2.05) is 30.3 Å². The number of nitrogens with one attached hydrogen (secondary N) is 2. The molecule has 1 aliphatic rings. The van der Waals surface area contributed by atoms with Crippen molar-refractivity contribution >= 4 is 47.4 Å². The molecule has 2 heterocycles. The van der Waals surface area contributed by atoms with Crippen LogP contribution >= 0.6 is 35.6 Å². The number of aromatic nitrogens is 1. The average Bonchev–Trinajstić information content (AvgIpc) is 3.23. The summed E-state index contributed by atoms with van der Waals surface area (Å²) < 4.78 is 10.9. The summed E-state index contributed by atoms with van der Waals surface area (Å²) in [6, 6.07) is 9.70. The number of benzene rings is 1. The number of aliphatic imine (C=N–C) groups is 1. The van der Waals surface area contributed by atoms with E-state index in [1.54, 1.807) is 20.4 Å². The first-order chi connectivity index (χ1) is 14.6. The van der Waals surface area contributed by atoms with Gasteiger partial charge in [-0.15, -0.1) is 30.4 Å². The van der Waals surface area contributed by atoms with Gasteiger partial charge in [-0.05, 0) is 36.2 Å². The standard InChI is InChI=1S/C22H26ClN5O2.HI/c1-4-12-30-20-13-16(7-8-19(20)29-3)14-26-22(24-2)27-17-9-11-28(15-17)21-18(23)6-5-10-25-21;/h1,5-8,10,13,17H,9,11-12,14-15H2,2-3H3,(H2,24,26,27);1H. The minimum atomic E-state index is 0. The lowest BCUT2D eigenvalue weighted by atomic mass is 10.2. The van der Waals surface area contributed by atoms with Gasteiger partial charge in [-0.3, -0.25) is 4.99 Å². The zero-order valence-electron chi connectivity index (χ0n) is 17.6. The second-order valence-corrected chi connectivity index (χ2v) is 7.20. The monoisotopic (exact) mass is 555 g/mol. The van der Waals surface area contributed by atoms with Crippen LogP contribution in [-0.4, -0.2) is 50.8 Å². The number of rotatable bonds is 7. The van der Waals surface area contributed by atoms with Crippen LogP contribution in [0.1, 0.15) is 12.0 Å². The van der Waals surface area contributed by atoms with Gasteiger partial charge in [0, 0.05) is 38.9 Å². The van der Waals surface area contributed by atoms with Gasteiger partial charge in [0.25, 0.3) is 0 Å². The molecule has 0 radical (unpaired) electrons. The van der Waals surface area contributed by atoms with Gasteiger partial charge in [0.15, 0.2) is 17.5 Å². The number of ether oxygens (including phenoxy) is 2. The molecule has 7 nitrogen and oxygen atoms in total. The normalized spacial score (nSPS) is 15.6. The van der Waals surface area contributed by atoms with E-state index in [1.165, 1.54) is 0 Å². The molecule has 9 heteroatoms. The Bertz CT molecular complexity index is 934. The van der Waals surface area contributed by atoms with E-state index in [9.17, 15) is 0 Å². The number of hydrogen-bond acceptors (Lipinski definition) is 5. The Balaban J connectivity index is 0.00000341. The molecule has 1 saturated heterocycles. The summed E-state index contributed by atoms with van der Waals surface area (Å²) in [7, 11) is 3.36. The molecule has 1 aromatic carbocycles. The summed E-state index contributed by atoms with van der Waals surface area (Å²) in [6.07, 6.45) is 8.02. The Hall–Kier alpha value is -2.38. The van der Waals surface area contributed by atoms with Crippen LogP contribution in [0.2, 0.25) is 5.02 Å². The Kier molecular flexibility index (Phi) is 10.0. The van der Waals surface area contributed by atoms with E-state index in [0.717, 1.165) is 36.9 Å². The van der Waals surface area contributed by atoms with Crippen molar-refractivity contribution in [2.24, 2.45) is 4.99 Å². The summed E-state index contributed by atoms with van der Waals surface area (Å²) in [5.74, 6) is 5.29. The maximum Gasteiger partial charge on any atom is 0.191 e. The van der Waals surface area contributed by atoms with Gasteiger partial charge >= 0.3 is 0 Å². The maximum absolute atomic E-state index is 6.28. The fourth-order valence-electron chi connectivity index (χ4n) is 3.32. The van der Waals surface area contributed by atoms with Gasteiger partial charge in [0.05, 0.1) is 12.1 Å². The van der Waals surface area contributed by atoms with Crippen molar-refractivity contribution in [3.05, 3.63) is 47.1 Å². The third-order valence-electron chi connectivity index (χ3n) is 4.79. The van der Waals surface area contributed by atoms with E-state index in [0.29, 0.717) is 23.1 Å². The largest absolute Gasteiger partial charge is 0.493 e. The van der Waals surface area contributed by atoms with Crippen molar-refractivity contribution < 1.29 is 9.47 Å². The zero-order valence-corrected chi connectivity index (χ0v) is 20.7. The van der Waals surface area contributed by atoms with Gasteiger partial charge < -0.3 is 25.0 Å². The second kappa shape index (κ2) is 12.5. The number of nitrogens with zero attached hydrogens (tertiary/aromatic N) is 3. The van der Waals surface area contributed by atoms with Crippen LogP contribution in [0.25, 0.3) is 0 Å². The molecular weight excluding hydrogens is 529 g/mol. The van der Waals surface area contributed by atoms with Crippen molar-refractivity contribution in [3.63, 3.8) is 0 Å². The van der Waals surface area contributed by atoms with Gasteiger partial charge in [0.2, 0.25) is 0 Å². The van der Waals surface area contributed by atoms with Crippen molar-refractivity contribution in [2.45, 2.75) is 19.0 Å². The van der Waals surface area contributed by atoms with Crippen molar-refractivity contribution in [1.29, 1.82) is 0 Å². The highest BCUT2D eigenvalue weighted by Crippen LogP contribution is 2.28. The molecule has 2 aromatic rings. The molecule has 0 aliphatic carbocycles. The van der Waals surface area contributed by atoms with E-state index >= 15 is 0 Å². The molecule has 1 aromatic heterocycles. The first-order valence-electron chi connectivity index (χ1n) is 9.70. The zero-order chi connectivity index (χ0) is 21.3. The van der Waals surface area contributed by atoms with E-state index in [4.69, 9.17) is 27.5 Å². The number of halogens is 2. The molecular formula is C22H27ClIN5O2. The summed E-state index contributed by atoms with van der Waals surface area (Å²) in [5.41, 5.74) is 1.03. The molecule has 0 bridgehead atoms. The van der Waals surface area contributed by atoms with Gasteiger partial charge in [-0.1, -0.05) is 23.6 Å². The SMILES string of the molecule is C#CCOc1cc(CNC(=NC)NC2CCN(c3ncccc3Cl)C2)ccc1OC.I. The summed E-state index contributed by atoms with van der Waals surface area (Å²) in [5, 5.41) is 7.48. The lowest BCUT2D eigenvalue weighted by molar-refractivity contribution is 0.330. The highest BCUT2D eigenvalue weighted by Gasteiger charge is 2.25.